The van der Waals surface area contributed by atoms with Crippen LogP contribution in [0.2, 0.25) is 0 Å². The number of nitrogens with one attached hydrogen (secondary N) is 2. The Morgan fingerprint density at radius 1 is 1.23 bits per heavy atom. The largest absolute Gasteiger partial charge is 0.384 e. The number of anilines is 1. The second kappa shape index (κ2) is 9.53. The first-order valence-electron chi connectivity index (χ1n) is 11.4. The number of rotatable bonds is 8. The van der Waals surface area contributed by atoms with Crippen LogP contribution in [-0.2, 0) is 0 Å². The highest BCUT2D eigenvalue weighted by Crippen LogP contribution is 2.41. The van der Waals surface area contributed by atoms with Crippen molar-refractivity contribution < 1.29 is 4.39 Å². The summed E-state index contributed by atoms with van der Waals surface area (Å²) in [7, 11) is 0. The normalized spacial score (nSPS) is 18.4. The van der Waals surface area contributed by atoms with Gasteiger partial charge in [0.25, 0.3) is 0 Å². The minimum absolute atomic E-state index is 0.0478. The van der Waals surface area contributed by atoms with Crippen LogP contribution in [0.25, 0.3) is 5.57 Å². The average Bonchev–Trinajstić information content (AvgIpc) is 2.60. The summed E-state index contributed by atoms with van der Waals surface area (Å²) in [5.41, 5.74) is 3.69. The summed E-state index contributed by atoms with van der Waals surface area (Å²) in [6.07, 6.45) is 6.88. The molecule has 0 saturated heterocycles. The third kappa shape index (κ3) is 6.33. The van der Waals surface area contributed by atoms with Gasteiger partial charge in [-0.2, -0.15) is 0 Å². The molecule has 2 unspecified atom stereocenters. The van der Waals surface area contributed by atoms with E-state index in [2.05, 4.69) is 63.4 Å². The molecule has 1 heterocycles. The molecule has 1 aromatic heterocycles. The van der Waals surface area contributed by atoms with Crippen LogP contribution in [0.3, 0.4) is 0 Å². The molecule has 2 N–H and O–H groups in total. The lowest BCUT2D eigenvalue weighted by Crippen LogP contribution is -2.52. The van der Waals surface area contributed by atoms with Gasteiger partial charge in [0, 0.05) is 23.0 Å². The van der Waals surface area contributed by atoms with Crippen molar-refractivity contribution in [3.8, 4) is 0 Å². The molecule has 1 aromatic rings. The van der Waals surface area contributed by atoms with E-state index in [-0.39, 0.29) is 28.7 Å². The summed E-state index contributed by atoms with van der Waals surface area (Å²) in [6.45, 7) is 23.2. The molecule has 30 heavy (non-hydrogen) atoms. The Morgan fingerprint density at radius 2 is 1.83 bits per heavy atom. The molecular formula is C26H42FN3. The van der Waals surface area contributed by atoms with E-state index in [9.17, 15) is 4.39 Å². The van der Waals surface area contributed by atoms with E-state index < -0.39 is 0 Å². The summed E-state index contributed by atoms with van der Waals surface area (Å²) < 4.78 is 15.0. The van der Waals surface area contributed by atoms with Gasteiger partial charge >= 0.3 is 0 Å². The quantitative estimate of drug-likeness (QED) is 0.470. The topological polar surface area (TPSA) is 37.0 Å². The number of pyridine rings is 1. The van der Waals surface area contributed by atoms with Gasteiger partial charge in [0.1, 0.15) is 0 Å². The molecule has 0 bridgehead atoms. The average molecular weight is 416 g/mol. The number of halogens is 1. The van der Waals surface area contributed by atoms with Gasteiger partial charge < -0.3 is 10.6 Å². The van der Waals surface area contributed by atoms with E-state index in [1.807, 2.05) is 13.8 Å². The number of nitrogens with zero attached hydrogens (tertiary/aromatic N) is 1. The molecular weight excluding hydrogens is 373 g/mol. The predicted molar refractivity (Wildman–Crippen MR) is 128 cm³/mol. The molecule has 0 spiro atoms. The van der Waals surface area contributed by atoms with Crippen molar-refractivity contribution in [2.45, 2.75) is 99.1 Å². The maximum atomic E-state index is 15.0. The van der Waals surface area contributed by atoms with Gasteiger partial charge in [0.05, 0.1) is 6.04 Å². The fraction of sp³-hybridized carbons (Fsp3) is 0.654. The summed E-state index contributed by atoms with van der Waals surface area (Å²) in [6, 6.07) is 1.71. The van der Waals surface area contributed by atoms with Gasteiger partial charge in [-0.05, 0) is 62.5 Å². The number of aryl methyl sites for hydroxylation is 1. The molecule has 4 heteroatoms. The molecule has 0 radical (unpaired) electrons. The maximum Gasteiger partial charge on any atom is 0.166 e. The Kier molecular flexibility index (Phi) is 7.76. The summed E-state index contributed by atoms with van der Waals surface area (Å²) in [5.74, 6) is 0.0214. The molecule has 0 amide bonds. The Hall–Kier alpha value is -1.84. The van der Waals surface area contributed by atoms with Crippen molar-refractivity contribution in [3.63, 3.8) is 0 Å². The lowest BCUT2D eigenvalue weighted by molar-refractivity contribution is 0.159. The van der Waals surface area contributed by atoms with Crippen molar-refractivity contribution in [1.82, 2.24) is 10.3 Å². The lowest BCUT2D eigenvalue weighted by Gasteiger charge is -2.45. The van der Waals surface area contributed by atoms with Crippen molar-refractivity contribution >= 4 is 11.4 Å². The van der Waals surface area contributed by atoms with Gasteiger partial charge in [-0.15, -0.1) is 0 Å². The van der Waals surface area contributed by atoms with E-state index >= 15 is 0 Å². The molecule has 1 fully saturated rings. The van der Waals surface area contributed by atoms with Gasteiger partial charge in [-0.3, -0.25) is 0 Å². The second-order valence-corrected chi connectivity index (χ2v) is 10.8. The van der Waals surface area contributed by atoms with Crippen LogP contribution in [0.1, 0.15) is 91.3 Å². The second-order valence-electron chi connectivity index (χ2n) is 10.8. The fourth-order valence-electron chi connectivity index (χ4n) is 4.93. The monoisotopic (exact) mass is 415 g/mol. The van der Waals surface area contributed by atoms with Gasteiger partial charge in [0.15, 0.2) is 11.6 Å². The van der Waals surface area contributed by atoms with Crippen LogP contribution in [0, 0.1) is 23.6 Å². The molecule has 1 saturated carbocycles. The zero-order chi connectivity index (χ0) is 22.7. The van der Waals surface area contributed by atoms with Crippen LogP contribution < -0.4 is 10.6 Å². The van der Waals surface area contributed by atoms with Crippen LogP contribution in [0.4, 0.5) is 10.2 Å². The van der Waals surface area contributed by atoms with E-state index in [1.54, 1.807) is 6.07 Å². The van der Waals surface area contributed by atoms with Crippen LogP contribution in [0.15, 0.2) is 24.9 Å². The SMILES string of the molecule is C=C(CC(C)(C)C)NC(C)C(Nc1nc(C)c(C(=C)C)cc1F)C1(C)CCCCC1. The zero-order valence-electron chi connectivity index (χ0n) is 20.2. The summed E-state index contributed by atoms with van der Waals surface area (Å²) in [5, 5.41) is 7.13. The number of hydrogen-bond acceptors (Lipinski definition) is 3. The van der Waals surface area contributed by atoms with E-state index in [1.165, 1.54) is 19.3 Å². The molecule has 0 aliphatic heterocycles. The lowest BCUT2D eigenvalue weighted by atomic mass is 9.68. The minimum Gasteiger partial charge on any atom is -0.384 e. The molecule has 2 atom stereocenters. The highest BCUT2D eigenvalue weighted by molar-refractivity contribution is 5.64. The number of hydrogen-bond donors (Lipinski definition) is 2. The molecule has 3 nitrogen and oxygen atoms in total. The predicted octanol–water partition coefficient (Wildman–Crippen LogP) is 7.24. The van der Waals surface area contributed by atoms with Crippen molar-refractivity contribution in [2.75, 3.05) is 5.32 Å². The van der Waals surface area contributed by atoms with E-state index in [0.717, 1.165) is 41.8 Å². The van der Waals surface area contributed by atoms with Gasteiger partial charge in [0.2, 0.25) is 0 Å². The minimum atomic E-state index is -0.316. The summed E-state index contributed by atoms with van der Waals surface area (Å²) >= 11 is 0. The Labute approximate surface area is 183 Å². The molecule has 1 aliphatic carbocycles. The molecule has 1 aliphatic rings. The first-order chi connectivity index (χ1) is 13.8. The van der Waals surface area contributed by atoms with Crippen molar-refractivity contribution in [2.24, 2.45) is 10.8 Å². The fourth-order valence-corrected chi connectivity index (χ4v) is 4.93. The molecule has 2 rings (SSSR count). The third-order valence-corrected chi connectivity index (χ3v) is 6.34. The first-order valence-corrected chi connectivity index (χ1v) is 11.4. The van der Waals surface area contributed by atoms with Crippen LogP contribution >= 0.6 is 0 Å². The first kappa shape index (κ1) is 24.4. The maximum absolute atomic E-state index is 15.0. The Bertz CT molecular complexity index is 769. The number of aromatic nitrogens is 1. The van der Waals surface area contributed by atoms with Crippen molar-refractivity contribution in [1.29, 1.82) is 0 Å². The third-order valence-electron chi connectivity index (χ3n) is 6.34. The van der Waals surface area contributed by atoms with Crippen LogP contribution in [0.5, 0.6) is 0 Å². The number of allylic oxidation sites excluding steroid dienone is 2. The highest BCUT2D eigenvalue weighted by Gasteiger charge is 2.39. The molecule has 168 valence electrons. The molecule has 0 aromatic carbocycles. The Balaban J connectivity index is 2.32. The van der Waals surface area contributed by atoms with Gasteiger partial charge in [-0.1, -0.05) is 60.1 Å². The smallest absolute Gasteiger partial charge is 0.166 e. The van der Waals surface area contributed by atoms with Crippen molar-refractivity contribution in [3.05, 3.63) is 42.0 Å². The van der Waals surface area contributed by atoms with E-state index in [4.69, 9.17) is 0 Å². The van der Waals surface area contributed by atoms with Crippen LogP contribution in [-0.4, -0.2) is 17.1 Å². The van der Waals surface area contributed by atoms with E-state index in [0.29, 0.717) is 5.82 Å². The highest BCUT2D eigenvalue weighted by atomic mass is 19.1. The summed E-state index contributed by atoms with van der Waals surface area (Å²) in [4.78, 5) is 4.58. The Morgan fingerprint density at radius 3 is 2.37 bits per heavy atom. The zero-order valence-corrected chi connectivity index (χ0v) is 20.2. The standard InChI is InChI=1S/C26H42FN3/c1-17(2)21-15-22(27)24(29-19(21)4)30-23(26(9)13-11-10-12-14-26)20(5)28-18(3)16-25(6,7)8/h15,20,23,28H,1,3,10-14,16H2,2,4-9H3,(H,29,30). The van der Waals surface area contributed by atoms with Gasteiger partial charge in [-0.25, -0.2) is 9.37 Å².